The van der Waals surface area contributed by atoms with Gasteiger partial charge in [-0.1, -0.05) is 5.16 Å². The summed E-state index contributed by atoms with van der Waals surface area (Å²) in [6.07, 6.45) is 1.39. The Balaban J connectivity index is 2.22. The number of hydrogen-bond donors (Lipinski definition) is 2. The molecule has 7 heteroatoms. The molecule has 0 atom stereocenters. The molecule has 1 aromatic carbocycles. The Morgan fingerprint density at radius 3 is 2.47 bits per heavy atom. The van der Waals surface area contributed by atoms with Crippen LogP contribution in [-0.2, 0) is 4.79 Å². The highest BCUT2D eigenvalue weighted by Gasteiger charge is 2.21. The molecular formula is C12H12N4O3. The average molecular weight is 260 g/mol. The molecule has 3 N–H and O–H groups in total. The van der Waals surface area contributed by atoms with E-state index in [2.05, 4.69) is 10.5 Å². The molecule has 0 bridgehead atoms. The first-order valence-corrected chi connectivity index (χ1v) is 5.46. The Labute approximate surface area is 109 Å². The first-order valence-electron chi connectivity index (χ1n) is 5.46. The number of nitrogen functional groups attached to an aromatic ring is 1. The van der Waals surface area contributed by atoms with Crippen molar-refractivity contribution in [3.05, 3.63) is 36.5 Å². The molecule has 0 saturated heterocycles. The number of urea groups is 1. The van der Waals surface area contributed by atoms with Crippen LogP contribution in [0.1, 0.15) is 6.92 Å². The number of rotatable bonds is 2. The monoisotopic (exact) mass is 260 g/mol. The fourth-order valence-electron chi connectivity index (χ4n) is 1.51. The fourth-order valence-corrected chi connectivity index (χ4v) is 1.51. The minimum atomic E-state index is -0.631. The predicted octanol–water partition coefficient (Wildman–Crippen LogP) is 1.84. The van der Waals surface area contributed by atoms with E-state index in [0.717, 1.165) is 4.90 Å². The maximum atomic E-state index is 12.0. The van der Waals surface area contributed by atoms with Crippen LogP contribution in [0.3, 0.4) is 0 Å². The van der Waals surface area contributed by atoms with Crippen LogP contribution in [0.25, 0.3) is 0 Å². The van der Waals surface area contributed by atoms with E-state index in [1.54, 1.807) is 24.3 Å². The maximum absolute atomic E-state index is 12.0. The number of nitrogens with zero attached hydrogens (tertiary/aromatic N) is 2. The topological polar surface area (TPSA) is 101 Å². The van der Waals surface area contributed by atoms with Gasteiger partial charge in [-0.3, -0.25) is 10.1 Å². The maximum Gasteiger partial charge on any atom is 0.335 e. The lowest BCUT2D eigenvalue weighted by Gasteiger charge is -2.18. The number of carbonyl (C=O) groups excluding carboxylic acids is 2. The summed E-state index contributed by atoms with van der Waals surface area (Å²) in [5.74, 6) is -0.270. The van der Waals surface area contributed by atoms with Gasteiger partial charge in [0, 0.05) is 18.7 Å². The van der Waals surface area contributed by atoms with Crippen molar-refractivity contribution >= 4 is 29.2 Å². The van der Waals surface area contributed by atoms with Crippen molar-refractivity contribution in [2.75, 3.05) is 16.0 Å². The van der Waals surface area contributed by atoms with Gasteiger partial charge in [-0.25, -0.2) is 9.69 Å². The Bertz CT molecular complexity index is 578. The van der Waals surface area contributed by atoms with Gasteiger partial charge in [-0.2, -0.15) is 0 Å². The molecule has 19 heavy (non-hydrogen) atoms. The second-order valence-electron chi connectivity index (χ2n) is 3.75. The number of anilines is 3. The lowest BCUT2D eigenvalue weighted by atomic mass is 10.2. The Kier molecular flexibility index (Phi) is 3.46. The molecule has 0 fully saturated rings. The molecule has 0 aliphatic rings. The summed E-state index contributed by atoms with van der Waals surface area (Å²) in [7, 11) is 0. The summed E-state index contributed by atoms with van der Waals surface area (Å²) in [6.45, 7) is 1.29. The van der Waals surface area contributed by atoms with E-state index in [1.165, 1.54) is 19.2 Å². The number of imide groups is 1. The van der Waals surface area contributed by atoms with Crippen LogP contribution in [0, 0.1) is 0 Å². The van der Waals surface area contributed by atoms with Crippen molar-refractivity contribution < 1.29 is 14.1 Å². The molecule has 98 valence electrons. The summed E-state index contributed by atoms with van der Waals surface area (Å²) < 4.78 is 4.75. The molecule has 0 saturated carbocycles. The summed E-state index contributed by atoms with van der Waals surface area (Å²) in [5, 5.41) is 5.88. The number of hydrogen-bond acceptors (Lipinski definition) is 5. The second-order valence-corrected chi connectivity index (χ2v) is 3.75. The lowest BCUT2D eigenvalue weighted by Crippen LogP contribution is -2.38. The molecule has 0 aliphatic heterocycles. The van der Waals surface area contributed by atoms with E-state index >= 15 is 0 Å². The van der Waals surface area contributed by atoms with Crippen molar-refractivity contribution in [3.63, 3.8) is 0 Å². The van der Waals surface area contributed by atoms with Crippen LogP contribution in [0.2, 0.25) is 0 Å². The highest BCUT2D eigenvalue weighted by Crippen LogP contribution is 2.18. The second kappa shape index (κ2) is 5.21. The number of aromatic nitrogens is 1. The molecule has 0 unspecified atom stereocenters. The Morgan fingerprint density at radius 1 is 1.26 bits per heavy atom. The smallest absolute Gasteiger partial charge is 0.335 e. The zero-order valence-electron chi connectivity index (χ0n) is 10.2. The molecule has 2 aromatic rings. The van der Waals surface area contributed by atoms with Gasteiger partial charge in [-0.05, 0) is 24.3 Å². The Morgan fingerprint density at radius 2 is 1.95 bits per heavy atom. The van der Waals surface area contributed by atoms with Crippen LogP contribution >= 0.6 is 0 Å². The van der Waals surface area contributed by atoms with Crippen molar-refractivity contribution in [2.45, 2.75) is 6.92 Å². The molecule has 3 amide bonds. The van der Waals surface area contributed by atoms with Crippen LogP contribution in [0.5, 0.6) is 0 Å². The van der Waals surface area contributed by atoms with E-state index < -0.39 is 11.9 Å². The number of amides is 3. The number of nitrogens with one attached hydrogen (secondary N) is 1. The van der Waals surface area contributed by atoms with Crippen LogP contribution in [0.15, 0.2) is 41.1 Å². The highest BCUT2D eigenvalue weighted by atomic mass is 16.5. The zero-order valence-corrected chi connectivity index (χ0v) is 10.2. The molecule has 0 radical (unpaired) electrons. The van der Waals surface area contributed by atoms with Crippen molar-refractivity contribution in [1.29, 1.82) is 0 Å². The number of benzene rings is 1. The van der Waals surface area contributed by atoms with Gasteiger partial charge in [0.2, 0.25) is 11.8 Å². The first-order chi connectivity index (χ1) is 9.08. The molecular weight excluding hydrogens is 248 g/mol. The average Bonchev–Trinajstić information content (AvgIpc) is 2.84. The van der Waals surface area contributed by atoms with Crippen molar-refractivity contribution in [2.24, 2.45) is 0 Å². The summed E-state index contributed by atoms with van der Waals surface area (Å²) in [6, 6.07) is 7.21. The van der Waals surface area contributed by atoms with E-state index in [9.17, 15) is 9.59 Å². The summed E-state index contributed by atoms with van der Waals surface area (Å²) in [4.78, 5) is 24.6. The minimum absolute atomic E-state index is 0.159. The van der Waals surface area contributed by atoms with Gasteiger partial charge >= 0.3 is 6.03 Å². The van der Waals surface area contributed by atoms with Crippen LogP contribution < -0.4 is 16.0 Å². The van der Waals surface area contributed by atoms with E-state index in [0.29, 0.717) is 11.4 Å². The van der Waals surface area contributed by atoms with Crippen LogP contribution in [0.4, 0.5) is 22.1 Å². The minimum Gasteiger partial charge on any atom is -0.399 e. The molecule has 2 rings (SSSR count). The fraction of sp³-hybridized carbons (Fsp3) is 0.0833. The predicted molar refractivity (Wildman–Crippen MR) is 69.5 cm³/mol. The van der Waals surface area contributed by atoms with E-state index in [1.807, 2.05) is 0 Å². The first kappa shape index (κ1) is 12.6. The van der Waals surface area contributed by atoms with E-state index in [4.69, 9.17) is 10.3 Å². The molecule has 0 spiro atoms. The third kappa shape index (κ3) is 2.89. The third-order valence-electron chi connectivity index (χ3n) is 2.34. The van der Waals surface area contributed by atoms with Gasteiger partial charge in [-0.15, -0.1) is 0 Å². The highest BCUT2D eigenvalue weighted by molar-refractivity contribution is 6.17. The van der Waals surface area contributed by atoms with Crippen molar-refractivity contribution in [1.82, 2.24) is 5.16 Å². The SMILES string of the molecule is CC(=O)N(C(=O)Nc1ccno1)c1ccc(N)cc1. The number of carbonyl (C=O) groups is 2. The van der Waals surface area contributed by atoms with Gasteiger partial charge in [0.05, 0.1) is 11.9 Å². The summed E-state index contributed by atoms with van der Waals surface area (Å²) >= 11 is 0. The van der Waals surface area contributed by atoms with E-state index in [-0.39, 0.29) is 5.88 Å². The number of nitrogens with two attached hydrogens (primary N) is 1. The molecule has 1 heterocycles. The quantitative estimate of drug-likeness (QED) is 0.802. The van der Waals surface area contributed by atoms with Gasteiger partial charge in [0.25, 0.3) is 0 Å². The third-order valence-corrected chi connectivity index (χ3v) is 2.34. The summed E-state index contributed by atoms with van der Waals surface area (Å²) in [5.41, 5.74) is 6.52. The van der Waals surface area contributed by atoms with Crippen molar-refractivity contribution in [3.8, 4) is 0 Å². The normalized spacial score (nSPS) is 9.95. The van der Waals surface area contributed by atoms with Gasteiger partial charge in [0.15, 0.2) is 0 Å². The zero-order chi connectivity index (χ0) is 13.8. The van der Waals surface area contributed by atoms with Gasteiger partial charge in [0.1, 0.15) is 0 Å². The largest absolute Gasteiger partial charge is 0.399 e. The Hall–Kier alpha value is -2.83. The molecule has 1 aromatic heterocycles. The standard InChI is InChI=1S/C12H12N4O3/c1-8(17)16(10-4-2-9(13)3-5-10)12(18)15-11-6-7-14-19-11/h2-7H,13H2,1H3,(H,15,18). The van der Waals surface area contributed by atoms with Crippen LogP contribution in [-0.4, -0.2) is 17.1 Å². The lowest BCUT2D eigenvalue weighted by molar-refractivity contribution is -0.115. The molecule has 7 nitrogen and oxygen atoms in total. The van der Waals surface area contributed by atoms with Gasteiger partial charge < -0.3 is 10.3 Å². The molecule has 0 aliphatic carbocycles.